The maximum Gasteiger partial charge on any atom is 0.230 e. The summed E-state index contributed by atoms with van der Waals surface area (Å²) in [6.07, 6.45) is 1.94. The molecule has 104 valence electrons. The summed E-state index contributed by atoms with van der Waals surface area (Å²) < 4.78 is 5.36. The first-order valence-corrected chi connectivity index (χ1v) is 6.95. The van der Waals surface area contributed by atoms with Crippen LogP contribution in [0.2, 0.25) is 0 Å². The minimum Gasteiger partial charge on any atom is -0.392 e. The number of ether oxygens (including phenoxy) is 1. The molecule has 5 heteroatoms. The maximum atomic E-state index is 12.1. The predicted octanol–water partition coefficient (Wildman–Crippen LogP) is -0.0141. The van der Waals surface area contributed by atoms with Crippen molar-refractivity contribution in [1.82, 2.24) is 10.2 Å². The van der Waals surface area contributed by atoms with Crippen molar-refractivity contribution in [1.29, 1.82) is 0 Å². The summed E-state index contributed by atoms with van der Waals surface area (Å²) in [5, 5.41) is 13.1. The number of amides is 1. The van der Waals surface area contributed by atoms with Crippen molar-refractivity contribution < 1.29 is 14.6 Å². The fraction of sp³-hybridized carbons (Fsp3) is 0.923. The van der Waals surface area contributed by atoms with Crippen LogP contribution in [0.1, 0.15) is 26.2 Å². The van der Waals surface area contributed by atoms with Crippen LogP contribution < -0.4 is 5.32 Å². The Hall–Kier alpha value is -0.650. The molecule has 0 aromatic carbocycles. The average Bonchev–Trinajstić information content (AvgIpc) is 2.37. The van der Waals surface area contributed by atoms with Crippen LogP contribution in [0.5, 0.6) is 0 Å². The molecule has 0 radical (unpaired) electrons. The van der Waals surface area contributed by atoms with Gasteiger partial charge in [-0.1, -0.05) is 0 Å². The van der Waals surface area contributed by atoms with Crippen LogP contribution in [0.25, 0.3) is 0 Å². The third kappa shape index (κ3) is 2.68. The van der Waals surface area contributed by atoms with Crippen LogP contribution in [-0.4, -0.2) is 61.4 Å². The molecular formula is C13H24N2O3. The van der Waals surface area contributed by atoms with Crippen molar-refractivity contribution in [3.63, 3.8) is 0 Å². The van der Waals surface area contributed by atoms with Crippen molar-refractivity contribution in [3.05, 3.63) is 0 Å². The molecule has 2 saturated heterocycles. The minimum atomic E-state index is -0.581. The monoisotopic (exact) mass is 256 g/mol. The summed E-state index contributed by atoms with van der Waals surface area (Å²) in [6, 6.07) is 0. The summed E-state index contributed by atoms with van der Waals surface area (Å²) in [5.74, 6) is 0.0300. The molecule has 1 amide bonds. The van der Waals surface area contributed by atoms with E-state index in [0.717, 1.165) is 39.1 Å². The fourth-order valence-electron chi connectivity index (χ4n) is 3.06. The third-order valence-electron chi connectivity index (χ3n) is 4.16. The molecule has 0 saturated carbocycles. The molecule has 2 aliphatic heterocycles. The lowest BCUT2D eigenvalue weighted by Gasteiger charge is -2.46. The third-order valence-corrected chi connectivity index (χ3v) is 4.16. The van der Waals surface area contributed by atoms with Crippen LogP contribution in [0.4, 0.5) is 0 Å². The van der Waals surface area contributed by atoms with Gasteiger partial charge in [0.05, 0.1) is 18.1 Å². The number of hydrogen-bond acceptors (Lipinski definition) is 4. The molecule has 0 aliphatic carbocycles. The molecule has 0 unspecified atom stereocenters. The molecule has 2 aliphatic rings. The van der Waals surface area contributed by atoms with Crippen molar-refractivity contribution in [2.45, 2.75) is 32.3 Å². The van der Waals surface area contributed by atoms with Crippen LogP contribution >= 0.6 is 0 Å². The summed E-state index contributed by atoms with van der Waals surface area (Å²) in [7, 11) is 0. The van der Waals surface area contributed by atoms with Gasteiger partial charge in [0.15, 0.2) is 0 Å². The topological polar surface area (TPSA) is 61.8 Å². The zero-order valence-electron chi connectivity index (χ0n) is 11.2. The predicted molar refractivity (Wildman–Crippen MR) is 68.2 cm³/mol. The van der Waals surface area contributed by atoms with Crippen molar-refractivity contribution in [3.8, 4) is 0 Å². The first kappa shape index (κ1) is 13.8. The molecule has 2 N–H and O–H groups in total. The standard InChI is InChI=1S/C13H24N2O3/c1-2-18-9-8-15-7-4-11(16)13(10-15)5-3-6-14-12(13)17/h11,16H,2-10H2,1H3,(H,14,17)/t11-,13+/m0/s1. The number of rotatable bonds is 4. The van der Waals surface area contributed by atoms with Crippen LogP contribution in [0, 0.1) is 5.41 Å². The molecule has 2 atom stereocenters. The largest absolute Gasteiger partial charge is 0.392 e. The van der Waals surface area contributed by atoms with Crippen molar-refractivity contribution in [2.24, 2.45) is 5.41 Å². The van der Waals surface area contributed by atoms with Gasteiger partial charge in [-0.25, -0.2) is 0 Å². The molecule has 1 spiro atoms. The lowest BCUT2D eigenvalue weighted by molar-refractivity contribution is -0.149. The highest BCUT2D eigenvalue weighted by molar-refractivity contribution is 5.84. The summed E-state index contributed by atoms with van der Waals surface area (Å²) >= 11 is 0. The second-order valence-corrected chi connectivity index (χ2v) is 5.29. The number of aliphatic hydroxyl groups is 1. The minimum absolute atomic E-state index is 0.0300. The Labute approximate surface area is 108 Å². The maximum absolute atomic E-state index is 12.1. The first-order valence-electron chi connectivity index (χ1n) is 6.95. The zero-order chi connectivity index (χ0) is 13.0. The van der Waals surface area contributed by atoms with Gasteiger partial charge in [-0.3, -0.25) is 9.69 Å². The molecule has 2 heterocycles. The Morgan fingerprint density at radius 2 is 2.44 bits per heavy atom. The Morgan fingerprint density at radius 1 is 1.61 bits per heavy atom. The first-order chi connectivity index (χ1) is 8.69. The summed E-state index contributed by atoms with van der Waals surface area (Å²) in [6.45, 7) is 6.50. The average molecular weight is 256 g/mol. The van der Waals surface area contributed by atoms with E-state index >= 15 is 0 Å². The van der Waals surface area contributed by atoms with Crippen LogP contribution in [0.15, 0.2) is 0 Å². The second kappa shape index (κ2) is 5.99. The second-order valence-electron chi connectivity index (χ2n) is 5.29. The lowest BCUT2D eigenvalue weighted by atomic mass is 9.71. The highest BCUT2D eigenvalue weighted by Crippen LogP contribution is 2.37. The Morgan fingerprint density at radius 3 is 3.17 bits per heavy atom. The number of aliphatic hydroxyl groups excluding tert-OH is 1. The van der Waals surface area contributed by atoms with Gasteiger partial charge < -0.3 is 15.2 Å². The highest BCUT2D eigenvalue weighted by atomic mass is 16.5. The van der Waals surface area contributed by atoms with E-state index in [-0.39, 0.29) is 5.91 Å². The molecule has 5 nitrogen and oxygen atoms in total. The van der Waals surface area contributed by atoms with Crippen molar-refractivity contribution in [2.75, 3.05) is 39.4 Å². The molecule has 18 heavy (non-hydrogen) atoms. The Bertz CT molecular complexity index is 298. The number of likely N-dealkylation sites (tertiary alicyclic amines) is 1. The van der Waals surface area contributed by atoms with E-state index in [1.807, 2.05) is 6.92 Å². The van der Waals surface area contributed by atoms with E-state index in [2.05, 4.69) is 10.2 Å². The number of piperidine rings is 2. The van der Waals surface area contributed by atoms with Gasteiger partial charge in [0, 0.05) is 32.8 Å². The number of nitrogens with zero attached hydrogens (tertiary/aromatic N) is 1. The van der Waals surface area contributed by atoms with Gasteiger partial charge in [0.25, 0.3) is 0 Å². The smallest absolute Gasteiger partial charge is 0.230 e. The fourth-order valence-corrected chi connectivity index (χ4v) is 3.06. The Balaban J connectivity index is 1.97. The van der Waals surface area contributed by atoms with E-state index in [0.29, 0.717) is 19.6 Å². The quantitative estimate of drug-likeness (QED) is 0.694. The Kier molecular flexibility index (Phi) is 4.59. The van der Waals surface area contributed by atoms with E-state index < -0.39 is 11.5 Å². The van der Waals surface area contributed by atoms with Crippen LogP contribution in [0.3, 0.4) is 0 Å². The summed E-state index contributed by atoms with van der Waals surface area (Å²) in [5.41, 5.74) is -0.581. The van der Waals surface area contributed by atoms with E-state index in [4.69, 9.17) is 4.74 Å². The van der Waals surface area contributed by atoms with Gasteiger partial charge in [-0.05, 0) is 26.2 Å². The number of nitrogens with one attached hydrogen (secondary N) is 1. The number of hydrogen-bond donors (Lipinski definition) is 2. The van der Waals surface area contributed by atoms with E-state index in [1.165, 1.54) is 0 Å². The SMILES string of the molecule is CCOCCN1CC[C@H](O)[C@@]2(CCCNC2=O)C1. The molecule has 2 rings (SSSR count). The number of carbonyl (C=O) groups is 1. The normalized spacial score (nSPS) is 33.7. The van der Waals surface area contributed by atoms with Gasteiger partial charge in [0.2, 0.25) is 5.91 Å². The lowest BCUT2D eigenvalue weighted by Crippen LogP contribution is -2.61. The molecular weight excluding hydrogens is 232 g/mol. The molecule has 2 fully saturated rings. The van der Waals surface area contributed by atoms with Gasteiger partial charge in [0.1, 0.15) is 0 Å². The van der Waals surface area contributed by atoms with Gasteiger partial charge >= 0.3 is 0 Å². The van der Waals surface area contributed by atoms with Gasteiger partial charge in [-0.15, -0.1) is 0 Å². The van der Waals surface area contributed by atoms with Gasteiger partial charge in [-0.2, -0.15) is 0 Å². The van der Waals surface area contributed by atoms with E-state index in [9.17, 15) is 9.90 Å². The van der Waals surface area contributed by atoms with Crippen molar-refractivity contribution >= 4 is 5.91 Å². The zero-order valence-corrected chi connectivity index (χ0v) is 11.2. The molecule has 0 aromatic rings. The van der Waals surface area contributed by atoms with Crippen LogP contribution in [-0.2, 0) is 9.53 Å². The molecule has 0 bridgehead atoms. The molecule has 0 aromatic heterocycles. The van der Waals surface area contributed by atoms with E-state index in [1.54, 1.807) is 0 Å². The number of carbonyl (C=O) groups excluding carboxylic acids is 1. The summed E-state index contributed by atoms with van der Waals surface area (Å²) in [4.78, 5) is 14.4. The highest BCUT2D eigenvalue weighted by Gasteiger charge is 2.49.